The highest BCUT2D eigenvalue weighted by molar-refractivity contribution is 7.18. The molecule has 196 valence electrons. The van der Waals surface area contributed by atoms with Crippen molar-refractivity contribution in [1.82, 2.24) is 9.88 Å². The number of rotatable bonds is 7. The predicted octanol–water partition coefficient (Wildman–Crippen LogP) is 5.03. The number of benzene rings is 2. The Morgan fingerprint density at radius 3 is 2.32 bits per heavy atom. The largest absolute Gasteiger partial charge is 0.493 e. The fraction of sp³-hybridized carbons (Fsp3) is 0.214. The Hall–Kier alpha value is -4.44. The summed E-state index contributed by atoms with van der Waals surface area (Å²) in [6.45, 7) is 1.66. The van der Waals surface area contributed by atoms with Gasteiger partial charge in [-0.3, -0.25) is 9.59 Å². The fourth-order valence-corrected chi connectivity index (χ4v) is 5.25. The molecule has 0 fully saturated rings. The van der Waals surface area contributed by atoms with Crippen molar-refractivity contribution in [2.24, 2.45) is 0 Å². The molecule has 2 amide bonds. The summed E-state index contributed by atoms with van der Waals surface area (Å²) in [6.07, 6.45) is 0. The molecular weight excluding hydrogens is 506 g/mol. The van der Waals surface area contributed by atoms with E-state index in [1.807, 2.05) is 24.3 Å². The summed E-state index contributed by atoms with van der Waals surface area (Å²) in [5.41, 5.74) is 2.83. The van der Waals surface area contributed by atoms with Crippen LogP contribution in [0.25, 0.3) is 22.2 Å². The van der Waals surface area contributed by atoms with Crippen LogP contribution in [0.3, 0.4) is 0 Å². The number of fused-ring (bicyclic) bond motifs is 1. The lowest BCUT2D eigenvalue weighted by molar-refractivity contribution is 0.0601. The van der Waals surface area contributed by atoms with Crippen LogP contribution in [0.15, 0.2) is 48.5 Å². The first-order chi connectivity index (χ1) is 18.2. The summed E-state index contributed by atoms with van der Waals surface area (Å²) >= 11 is 1.03. The van der Waals surface area contributed by atoms with E-state index in [-0.39, 0.29) is 16.5 Å². The van der Waals surface area contributed by atoms with Crippen molar-refractivity contribution >= 4 is 45.0 Å². The molecule has 0 saturated carbocycles. The number of carbonyl (C=O) groups excluding carboxylic acids is 3. The van der Waals surface area contributed by atoms with Gasteiger partial charge in [-0.1, -0.05) is 18.2 Å². The fourth-order valence-electron chi connectivity index (χ4n) is 4.03. The number of para-hydroxylation sites is 1. The van der Waals surface area contributed by atoms with Crippen LogP contribution in [0.5, 0.6) is 11.5 Å². The monoisotopic (exact) mass is 533 g/mol. The van der Waals surface area contributed by atoms with Crippen LogP contribution in [0, 0.1) is 6.92 Å². The van der Waals surface area contributed by atoms with E-state index in [2.05, 4.69) is 5.32 Å². The third kappa shape index (κ3) is 4.90. The van der Waals surface area contributed by atoms with Crippen LogP contribution in [-0.4, -0.2) is 63.1 Å². The van der Waals surface area contributed by atoms with Crippen LogP contribution in [0.2, 0.25) is 0 Å². The van der Waals surface area contributed by atoms with Crippen molar-refractivity contribution in [2.45, 2.75) is 6.92 Å². The van der Waals surface area contributed by atoms with Gasteiger partial charge in [0, 0.05) is 25.0 Å². The van der Waals surface area contributed by atoms with Gasteiger partial charge in [-0.15, -0.1) is 11.3 Å². The Labute approximate surface area is 224 Å². The Morgan fingerprint density at radius 1 is 0.947 bits per heavy atom. The van der Waals surface area contributed by atoms with Crippen molar-refractivity contribution in [2.75, 3.05) is 40.7 Å². The normalized spacial score (nSPS) is 10.7. The molecule has 4 rings (SSSR count). The van der Waals surface area contributed by atoms with E-state index in [1.165, 1.54) is 12.0 Å². The highest BCUT2D eigenvalue weighted by atomic mass is 32.1. The van der Waals surface area contributed by atoms with E-state index in [4.69, 9.17) is 19.2 Å². The van der Waals surface area contributed by atoms with Gasteiger partial charge >= 0.3 is 5.97 Å². The maximum Gasteiger partial charge on any atom is 0.341 e. The lowest BCUT2D eigenvalue weighted by Crippen LogP contribution is -2.21. The maximum atomic E-state index is 13.7. The Bertz CT molecular complexity index is 1560. The summed E-state index contributed by atoms with van der Waals surface area (Å²) in [7, 11) is 7.60. The summed E-state index contributed by atoms with van der Waals surface area (Å²) in [5.74, 6) is -0.274. The summed E-state index contributed by atoms with van der Waals surface area (Å²) in [5, 5.41) is 3.71. The van der Waals surface area contributed by atoms with E-state index in [1.54, 1.807) is 59.5 Å². The maximum absolute atomic E-state index is 13.7. The van der Waals surface area contributed by atoms with Crippen LogP contribution >= 0.6 is 11.3 Å². The molecule has 38 heavy (non-hydrogen) atoms. The number of hydrogen-bond acceptors (Lipinski definition) is 8. The van der Waals surface area contributed by atoms with Crippen molar-refractivity contribution in [1.29, 1.82) is 0 Å². The molecule has 4 aromatic rings. The number of hydrogen-bond donors (Lipinski definition) is 1. The summed E-state index contributed by atoms with van der Waals surface area (Å²) in [4.78, 5) is 45.5. The molecule has 0 aliphatic carbocycles. The van der Waals surface area contributed by atoms with E-state index in [9.17, 15) is 14.4 Å². The number of pyridine rings is 1. The topological polar surface area (TPSA) is 107 Å². The molecule has 0 aliphatic rings. The molecule has 0 aliphatic heterocycles. The lowest BCUT2D eigenvalue weighted by Gasteiger charge is -2.12. The number of thiophene rings is 1. The minimum Gasteiger partial charge on any atom is -0.493 e. The second-order valence-corrected chi connectivity index (χ2v) is 9.57. The molecule has 10 heteroatoms. The molecule has 2 aromatic carbocycles. The number of aromatic nitrogens is 1. The summed E-state index contributed by atoms with van der Waals surface area (Å²) in [6, 6.07) is 14.4. The zero-order valence-corrected chi connectivity index (χ0v) is 22.7. The van der Waals surface area contributed by atoms with Gasteiger partial charge in [-0.2, -0.15) is 0 Å². The minimum atomic E-state index is -0.641. The molecule has 2 heterocycles. The van der Waals surface area contributed by atoms with E-state index in [0.717, 1.165) is 16.9 Å². The molecule has 0 unspecified atom stereocenters. The zero-order chi connectivity index (χ0) is 27.6. The first-order valence-corrected chi connectivity index (χ1v) is 12.4. The average Bonchev–Trinajstić information content (AvgIpc) is 3.25. The zero-order valence-electron chi connectivity index (χ0n) is 21.9. The van der Waals surface area contributed by atoms with E-state index in [0.29, 0.717) is 44.1 Å². The standard InChI is InChI=1S/C28H27N3O6S/c1-15-23(28(34)37-6)26(38-24(15)27(33)31(2)3)30-25(32)18-14-20(29-19-10-8-7-9-17(18)19)16-11-12-21(35-4)22(13-16)36-5/h7-14H,1-6H3,(H,30,32). The third-order valence-electron chi connectivity index (χ3n) is 6.00. The van der Waals surface area contributed by atoms with Gasteiger partial charge in [0.15, 0.2) is 11.5 Å². The van der Waals surface area contributed by atoms with E-state index < -0.39 is 11.9 Å². The molecule has 1 N–H and O–H groups in total. The Kier molecular flexibility index (Phi) is 7.63. The van der Waals surface area contributed by atoms with E-state index >= 15 is 0 Å². The van der Waals surface area contributed by atoms with Crippen molar-refractivity contribution in [3.8, 4) is 22.8 Å². The van der Waals surface area contributed by atoms with Crippen LogP contribution < -0.4 is 14.8 Å². The van der Waals surface area contributed by atoms with Gasteiger partial charge in [0.25, 0.3) is 11.8 Å². The first-order valence-electron chi connectivity index (χ1n) is 11.6. The van der Waals surface area contributed by atoms with Crippen molar-refractivity contribution in [3.05, 3.63) is 70.1 Å². The molecule has 0 saturated heterocycles. The average molecular weight is 534 g/mol. The number of amides is 2. The highest BCUT2D eigenvalue weighted by Crippen LogP contribution is 2.36. The molecule has 0 radical (unpaired) electrons. The number of esters is 1. The SMILES string of the molecule is COC(=O)c1c(NC(=O)c2cc(-c3ccc(OC)c(OC)c3)nc3ccccc23)sc(C(=O)N(C)C)c1C. The van der Waals surface area contributed by atoms with Crippen LogP contribution in [0.1, 0.15) is 36.0 Å². The molecule has 2 aromatic heterocycles. The number of carbonyl (C=O) groups is 3. The summed E-state index contributed by atoms with van der Waals surface area (Å²) < 4.78 is 15.7. The van der Waals surface area contributed by atoms with Gasteiger partial charge in [0.2, 0.25) is 0 Å². The number of nitrogens with zero attached hydrogens (tertiary/aromatic N) is 2. The number of methoxy groups -OCH3 is 3. The molecule has 0 bridgehead atoms. The lowest BCUT2D eigenvalue weighted by atomic mass is 10.0. The third-order valence-corrected chi connectivity index (χ3v) is 7.20. The molecule has 0 spiro atoms. The smallest absolute Gasteiger partial charge is 0.341 e. The van der Waals surface area contributed by atoms with Crippen LogP contribution in [-0.2, 0) is 4.74 Å². The van der Waals surface area contributed by atoms with Crippen LogP contribution in [0.4, 0.5) is 5.00 Å². The first kappa shape index (κ1) is 26.6. The van der Waals surface area contributed by atoms with Gasteiger partial charge in [-0.05, 0) is 42.8 Å². The molecule has 0 atom stereocenters. The van der Waals surface area contributed by atoms with Gasteiger partial charge in [-0.25, -0.2) is 9.78 Å². The molecule has 9 nitrogen and oxygen atoms in total. The predicted molar refractivity (Wildman–Crippen MR) is 147 cm³/mol. The Morgan fingerprint density at radius 2 is 1.66 bits per heavy atom. The number of ether oxygens (including phenoxy) is 3. The Balaban J connectivity index is 1.83. The quantitative estimate of drug-likeness (QED) is 0.332. The second-order valence-electron chi connectivity index (χ2n) is 8.55. The van der Waals surface area contributed by atoms with Crippen molar-refractivity contribution in [3.63, 3.8) is 0 Å². The minimum absolute atomic E-state index is 0.148. The second kappa shape index (κ2) is 10.9. The van der Waals surface area contributed by atoms with Gasteiger partial charge in [0.1, 0.15) is 5.00 Å². The highest BCUT2D eigenvalue weighted by Gasteiger charge is 2.28. The van der Waals surface area contributed by atoms with Crippen molar-refractivity contribution < 1.29 is 28.6 Å². The van der Waals surface area contributed by atoms with Gasteiger partial charge < -0.3 is 24.4 Å². The number of anilines is 1. The van der Waals surface area contributed by atoms with Gasteiger partial charge in [0.05, 0.1) is 48.5 Å². The molecular formula is C28H27N3O6S. The number of nitrogens with one attached hydrogen (secondary N) is 1.